The number of rotatable bonds is 11. The smallest absolute Gasteiger partial charge is 0.459 e. The third kappa shape index (κ3) is 7.08. The van der Waals surface area contributed by atoms with Gasteiger partial charge in [0.25, 0.3) is 5.56 Å². The molecule has 2 unspecified atom stereocenters. The van der Waals surface area contributed by atoms with Crippen molar-refractivity contribution in [1.29, 1.82) is 0 Å². The zero-order valence-electron chi connectivity index (χ0n) is 20.5. The third-order valence-electron chi connectivity index (χ3n) is 5.13. The molecule has 16 nitrogen and oxygen atoms in total. The fourth-order valence-electron chi connectivity index (χ4n) is 3.45. The van der Waals surface area contributed by atoms with Crippen molar-refractivity contribution in [2.45, 2.75) is 57.5 Å². The molecule has 0 aliphatic carbocycles. The van der Waals surface area contributed by atoms with Crippen LogP contribution in [0.15, 0.2) is 51.1 Å². The van der Waals surface area contributed by atoms with E-state index in [9.17, 15) is 29.2 Å². The highest BCUT2D eigenvalue weighted by atomic mass is 31.2. The van der Waals surface area contributed by atoms with Gasteiger partial charge in [0, 0.05) is 11.0 Å². The molecule has 4 N–H and O–H groups in total. The second kappa shape index (κ2) is 12.4. The summed E-state index contributed by atoms with van der Waals surface area (Å²) >= 11 is 0. The van der Waals surface area contributed by atoms with E-state index >= 15 is 0 Å². The van der Waals surface area contributed by atoms with Gasteiger partial charge in [0.2, 0.25) is 0 Å². The highest BCUT2D eigenvalue weighted by molar-refractivity contribution is 7.52. The van der Waals surface area contributed by atoms with E-state index in [2.05, 4.69) is 15.1 Å². The maximum absolute atomic E-state index is 13.6. The Morgan fingerprint density at radius 1 is 1.26 bits per heavy atom. The monoisotopic (exact) mass is 554 g/mol. The number of nitrogens with zero attached hydrogens (tertiary/aromatic N) is 4. The second-order valence-electron chi connectivity index (χ2n) is 8.44. The first kappa shape index (κ1) is 29.1. The SMILES string of the molecule is CC(C)OC(=O)[C@H](C)NP(=O)(OC[C@H]1OC(n2c(N=[N+]=[N-])cc(=O)[nH]c2=O)[C@H](O)[C@@H]1O)Oc1ccccc1. The van der Waals surface area contributed by atoms with Crippen LogP contribution in [-0.2, 0) is 23.4 Å². The summed E-state index contributed by atoms with van der Waals surface area (Å²) in [4.78, 5) is 40.7. The minimum atomic E-state index is -4.33. The first-order valence-corrected chi connectivity index (χ1v) is 12.9. The van der Waals surface area contributed by atoms with Gasteiger partial charge in [-0.05, 0) is 43.5 Å². The average molecular weight is 554 g/mol. The molecule has 0 saturated carbocycles. The summed E-state index contributed by atoms with van der Waals surface area (Å²) in [6.45, 7) is 4.02. The molecule has 1 aliphatic heterocycles. The lowest BCUT2D eigenvalue weighted by Gasteiger charge is -2.25. The minimum Gasteiger partial charge on any atom is -0.462 e. The zero-order valence-corrected chi connectivity index (χ0v) is 21.4. The van der Waals surface area contributed by atoms with Crippen LogP contribution in [0.1, 0.15) is 27.0 Å². The molecule has 0 spiro atoms. The third-order valence-corrected chi connectivity index (χ3v) is 6.77. The van der Waals surface area contributed by atoms with E-state index in [1.165, 1.54) is 19.1 Å². The number of aliphatic hydroxyl groups is 2. The lowest BCUT2D eigenvalue weighted by atomic mass is 10.1. The van der Waals surface area contributed by atoms with E-state index in [-0.39, 0.29) is 5.75 Å². The molecule has 1 aliphatic rings. The number of aromatic nitrogens is 2. The summed E-state index contributed by atoms with van der Waals surface area (Å²) in [6, 6.07) is 7.59. The quantitative estimate of drug-likeness (QED) is 0.101. The summed E-state index contributed by atoms with van der Waals surface area (Å²) in [5, 5.41) is 26.8. The van der Waals surface area contributed by atoms with E-state index in [4.69, 9.17) is 24.1 Å². The zero-order chi connectivity index (χ0) is 28.0. The van der Waals surface area contributed by atoms with Crippen LogP contribution < -0.4 is 20.9 Å². The van der Waals surface area contributed by atoms with Gasteiger partial charge in [0.15, 0.2) is 6.23 Å². The molecule has 2 aromatic rings. The Balaban J connectivity index is 1.82. The average Bonchev–Trinajstić information content (AvgIpc) is 3.11. The topological polar surface area (TPSA) is 227 Å². The first-order valence-electron chi connectivity index (χ1n) is 11.3. The number of para-hydroxylation sites is 1. The summed E-state index contributed by atoms with van der Waals surface area (Å²) in [7, 11) is -4.33. The Morgan fingerprint density at radius 2 is 1.95 bits per heavy atom. The van der Waals surface area contributed by atoms with Crippen molar-refractivity contribution in [3.8, 4) is 5.75 Å². The molecule has 1 aromatic heterocycles. The largest absolute Gasteiger partial charge is 0.462 e. The van der Waals surface area contributed by atoms with Gasteiger partial charge in [-0.2, -0.15) is 5.09 Å². The minimum absolute atomic E-state index is 0.136. The normalized spacial score (nSPS) is 23.3. The van der Waals surface area contributed by atoms with Gasteiger partial charge in [-0.1, -0.05) is 18.2 Å². The van der Waals surface area contributed by atoms with Crippen molar-refractivity contribution in [1.82, 2.24) is 14.6 Å². The van der Waals surface area contributed by atoms with Gasteiger partial charge in [-0.3, -0.25) is 23.7 Å². The molecule has 3 rings (SSSR count). The number of hydrogen-bond donors (Lipinski definition) is 4. The van der Waals surface area contributed by atoms with E-state index in [0.29, 0.717) is 4.57 Å². The van der Waals surface area contributed by atoms with Crippen molar-refractivity contribution < 1.29 is 38.1 Å². The van der Waals surface area contributed by atoms with Gasteiger partial charge in [-0.15, -0.1) is 0 Å². The van der Waals surface area contributed by atoms with Crippen LogP contribution in [0.3, 0.4) is 0 Å². The lowest BCUT2D eigenvalue weighted by Crippen LogP contribution is -2.38. The van der Waals surface area contributed by atoms with E-state index in [1.54, 1.807) is 32.0 Å². The molecule has 17 heteroatoms. The van der Waals surface area contributed by atoms with Crippen LogP contribution in [0.25, 0.3) is 10.4 Å². The van der Waals surface area contributed by atoms with Crippen molar-refractivity contribution in [3.63, 3.8) is 0 Å². The van der Waals surface area contributed by atoms with Gasteiger partial charge in [0.1, 0.15) is 35.9 Å². The Labute approximate surface area is 215 Å². The number of carbonyl (C=O) groups is 1. The molecule has 0 bridgehead atoms. The maximum Gasteiger partial charge on any atom is 0.459 e. The second-order valence-corrected chi connectivity index (χ2v) is 10.1. The van der Waals surface area contributed by atoms with Crippen LogP contribution in [0.4, 0.5) is 5.82 Å². The van der Waals surface area contributed by atoms with Crippen molar-refractivity contribution >= 4 is 19.5 Å². The number of ether oxygens (including phenoxy) is 2. The van der Waals surface area contributed by atoms with Crippen LogP contribution in [0.2, 0.25) is 0 Å². The first-order chi connectivity index (χ1) is 17.9. The number of aromatic amines is 1. The van der Waals surface area contributed by atoms with Crippen LogP contribution >= 0.6 is 7.75 Å². The number of hydrogen-bond acceptors (Lipinski definition) is 11. The molecule has 1 aromatic carbocycles. The maximum atomic E-state index is 13.6. The lowest BCUT2D eigenvalue weighted by molar-refractivity contribution is -0.149. The summed E-state index contributed by atoms with van der Waals surface area (Å²) in [5.41, 5.74) is 6.83. The number of aliphatic hydroxyl groups excluding tert-OH is 2. The molecule has 1 saturated heterocycles. The van der Waals surface area contributed by atoms with E-state index < -0.39 is 74.1 Å². The van der Waals surface area contributed by atoms with Crippen molar-refractivity contribution in [2.24, 2.45) is 5.11 Å². The molecule has 1 fully saturated rings. The molecule has 206 valence electrons. The Hall–Kier alpha value is -3.49. The van der Waals surface area contributed by atoms with E-state index in [0.717, 1.165) is 6.07 Å². The predicted octanol–water partition coefficient (Wildman–Crippen LogP) is 1.23. The Bertz CT molecular complexity index is 1340. The van der Waals surface area contributed by atoms with Crippen molar-refractivity contribution in [2.75, 3.05) is 6.61 Å². The number of benzene rings is 1. The molecule has 0 amide bonds. The number of carbonyl (C=O) groups excluding carboxylic acids is 1. The standard InChI is InChI=1S/C21H27N6O10P/c1-11(2)35-20(31)12(3)25-38(33,37-13-7-5-4-6-8-13)34-10-14-17(29)18(30)19(36-14)27-15(24-26-22)9-16(28)23-21(27)32/h4-9,11-12,14,17-19,29-30H,10H2,1-3H3,(H,25,33)(H,23,28,32)/t12-,14+,17+,18+,19?,38?/m0/s1. The van der Waals surface area contributed by atoms with Gasteiger partial charge < -0.3 is 24.2 Å². The summed E-state index contributed by atoms with van der Waals surface area (Å²) in [5.74, 6) is -1.06. The number of azide groups is 1. The number of H-pyrrole nitrogens is 1. The fourth-order valence-corrected chi connectivity index (χ4v) is 4.95. The molecular formula is C21H27N6O10P. The van der Waals surface area contributed by atoms with Crippen molar-refractivity contribution in [3.05, 3.63) is 67.7 Å². The predicted molar refractivity (Wildman–Crippen MR) is 131 cm³/mol. The van der Waals surface area contributed by atoms with Gasteiger partial charge >= 0.3 is 19.4 Å². The molecule has 6 atom stereocenters. The van der Waals surface area contributed by atoms with Gasteiger partial charge in [-0.25, -0.2) is 9.36 Å². The summed E-state index contributed by atoms with van der Waals surface area (Å²) in [6.07, 6.45) is -6.84. The van der Waals surface area contributed by atoms with Gasteiger partial charge in [0.05, 0.1) is 12.7 Å². The summed E-state index contributed by atoms with van der Waals surface area (Å²) < 4.78 is 35.9. The molecule has 38 heavy (non-hydrogen) atoms. The fraction of sp³-hybridized carbons (Fsp3) is 0.476. The van der Waals surface area contributed by atoms with Crippen LogP contribution in [0, 0.1) is 0 Å². The molecule has 2 heterocycles. The Kier molecular flexibility index (Phi) is 9.46. The Morgan fingerprint density at radius 3 is 2.58 bits per heavy atom. The van der Waals surface area contributed by atoms with Crippen LogP contribution in [-0.4, -0.2) is 62.8 Å². The molecule has 0 radical (unpaired) electrons. The number of nitrogens with one attached hydrogen (secondary N) is 2. The van der Waals surface area contributed by atoms with Crippen LogP contribution in [0.5, 0.6) is 5.75 Å². The molecular weight excluding hydrogens is 527 g/mol. The highest BCUT2D eigenvalue weighted by Gasteiger charge is 2.46. The number of esters is 1. The highest BCUT2D eigenvalue weighted by Crippen LogP contribution is 2.46. The van der Waals surface area contributed by atoms with E-state index in [1.807, 2.05) is 4.98 Å².